The Labute approximate surface area is 278 Å². The number of carbonyl (C=O) groups excluding carboxylic acids is 3. The third-order valence-corrected chi connectivity index (χ3v) is 8.77. The maximum Gasteiger partial charge on any atom is 0.410 e. The zero-order valence-electron chi connectivity index (χ0n) is 30.0. The standard InChI is InChI=1S/C20H30N2O3.C9H13NO.C9H16O/c1-7-17-13(2)8-16(9-18(17)14(3)23)21-10-15-11-22(12-15)19(24)25-20(4,5)6;1-7-4-5-8(10-2)6-9(7)11-3;1-2-8-3-5-9(7-10)6-4-8/h8-9,15,21H,7,10-12H2,1-6H3;4-6,10H,1-3H3;7-9H,2-6H2,1H3. The Morgan fingerprint density at radius 2 is 1.61 bits per heavy atom. The number of aryl methyl sites for hydroxylation is 2. The molecule has 0 radical (unpaired) electrons. The van der Waals surface area contributed by atoms with Gasteiger partial charge in [0.15, 0.2) is 5.78 Å². The van der Waals surface area contributed by atoms with Crippen LogP contribution >= 0.6 is 0 Å². The lowest BCUT2D eigenvalue weighted by molar-refractivity contribution is -0.112. The molecule has 0 atom stereocenters. The molecule has 8 nitrogen and oxygen atoms in total. The molecule has 2 aromatic rings. The summed E-state index contributed by atoms with van der Waals surface area (Å²) in [6, 6.07) is 10.1. The number of rotatable bonds is 9. The van der Waals surface area contributed by atoms with Gasteiger partial charge in [0, 0.05) is 61.5 Å². The molecule has 1 heterocycles. The number of methoxy groups -OCH3 is 1. The van der Waals surface area contributed by atoms with E-state index in [2.05, 4.69) is 30.5 Å². The second-order valence-corrected chi connectivity index (χ2v) is 13.6. The topological polar surface area (TPSA) is 97.0 Å². The van der Waals surface area contributed by atoms with E-state index in [1.165, 1.54) is 19.3 Å². The molecule has 4 rings (SSSR count). The van der Waals surface area contributed by atoms with Crippen molar-refractivity contribution in [1.29, 1.82) is 0 Å². The third-order valence-electron chi connectivity index (χ3n) is 8.77. The van der Waals surface area contributed by atoms with E-state index in [0.29, 0.717) is 24.9 Å². The molecule has 1 saturated heterocycles. The van der Waals surface area contributed by atoms with Crippen LogP contribution < -0.4 is 15.4 Å². The fourth-order valence-corrected chi connectivity index (χ4v) is 5.85. The number of amides is 1. The number of nitrogens with one attached hydrogen (secondary N) is 2. The summed E-state index contributed by atoms with van der Waals surface area (Å²) < 4.78 is 10.5. The molecule has 256 valence electrons. The quantitative estimate of drug-likeness (QED) is 0.210. The van der Waals surface area contributed by atoms with Crippen LogP contribution in [0.15, 0.2) is 30.3 Å². The number of carbonyl (C=O) groups is 3. The fourth-order valence-electron chi connectivity index (χ4n) is 5.85. The highest BCUT2D eigenvalue weighted by Gasteiger charge is 2.33. The van der Waals surface area contributed by atoms with Gasteiger partial charge < -0.3 is 29.8 Å². The highest BCUT2D eigenvalue weighted by Crippen LogP contribution is 2.29. The maximum absolute atomic E-state index is 11.9. The summed E-state index contributed by atoms with van der Waals surface area (Å²) in [6.07, 6.45) is 7.88. The lowest BCUT2D eigenvalue weighted by atomic mass is 9.82. The van der Waals surface area contributed by atoms with Gasteiger partial charge in [-0.1, -0.05) is 26.3 Å². The molecule has 2 fully saturated rings. The molecule has 2 N–H and O–H groups in total. The largest absolute Gasteiger partial charge is 0.496 e. The summed E-state index contributed by atoms with van der Waals surface area (Å²) in [5.74, 6) is 2.73. The van der Waals surface area contributed by atoms with E-state index in [1.54, 1.807) is 18.9 Å². The maximum atomic E-state index is 11.9. The van der Waals surface area contributed by atoms with Crippen molar-refractivity contribution in [2.75, 3.05) is 44.4 Å². The van der Waals surface area contributed by atoms with Gasteiger partial charge in [-0.25, -0.2) is 4.79 Å². The minimum Gasteiger partial charge on any atom is -0.496 e. The number of benzene rings is 2. The second kappa shape index (κ2) is 18.6. The van der Waals surface area contributed by atoms with Crippen LogP contribution in [0.1, 0.15) is 101 Å². The smallest absolute Gasteiger partial charge is 0.410 e. The summed E-state index contributed by atoms with van der Waals surface area (Å²) in [6.45, 7) is 17.8. The first-order valence-corrected chi connectivity index (χ1v) is 16.9. The van der Waals surface area contributed by atoms with E-state index >= 15 is 0 Å². The summed E-state index contributed by atoms with van der Waals surface area (Å²) in [4.78, 5) is 35.9. The van der Waals surface area contributed by atoms with Crippen molar-refractivity contribution in [3.63, 3.8) is 0 Å². The van der Waals surface area contributed by atoms with Crippen LogP contribution in [0.3, 0.4) is 0 Å². The van der Waals surface area contributed by atoms with Crippen molar-refractivity contribution in [3.05, 3.63) is 52.6 Å². The Morgan fingerprint density at radius 3 is 2.11 bits per heavy atom. The Kier molecular flexibility index (Phi) is 15.6. The number of likely N-dealkylation sites (tertiary alicyclic amines) is 1. The van der Waals surface area contributed by atoms with Gasteiger partial charge in [-0.15, -0.1) is 0 Å². The summed E-state index contributed by atoms with van der Waals surface area (Å²) in [7, 11) is 3.58. The first-order chi connectivity index (χ1) is 21.7. The summed E-state index contributed by atoms with van der Waals surface area (Å²) in [5, 5.41) is 6.46. The molecule has 0 bridgehead atoms. The molecule has 1 saturated carbocycles. The zero-order chi connectivity index (χ0) is 34.4. The van der Waals surface area contributed by atoms with E-state index < -0.39 is 5.60 Å². The summed E-state index contributed by atoms with van der Waals surface area (Å²) in [5.41, 5.74) is 5.81. The van der Waals surface area contributed by atoms with Gasteiger partial charge in [0.05, 0.1) is 7.11 Å². The van der Waals surface area contributed by atoms with E-state index in [4.69, 9.17) is 9.47 Å². The van der Waals surface area contributed by atoms with Crippen LogP contribution in [0.5, 0.6) is 5.75 Å². The molecule has 1 aliphatic carbocycles. The van der Waals surface area contributed by atoms with Gasteiger partial charge >= 0.3 is 6.09 Å². The number of anilines is 2. The van der Waals surface area contributed by atoms with Crippen LogP contribution in [0.2, 0.25) is 0 Å². The van der Waals surface area contributed by atoms with Crippen LogP contribution in [-0.4, -0.2) is 62.5 Å². The Balaban J connectivity index is 0.000000287. The minimum absolute atomic E-state index is 0.100. The molecule has 0 spiro atoms. The van der Waals surface area contributed by atoms with E-state index in [0.717, 1.165) is 77.4 Å². The Morgan fingerprint density at radius 1 is 0.957 bits per heavy atom. The minimum atomic E-state index is -0.456. The van der Waals surface area contributed by atoms with Gasteiger partial charge in [-0.3, -0.25) is 4.79 Å². The van der Waals surface area contributed by atoms with Gasteiger partial charge in [-0.2, -0.15) is 0 Å². The SMILES string of the molecule is CCC1CCC(C=O)CC1.CCc1c(C)cc(NCC2CN(C(=O)OC(C)(C)C)C2)cc1C(C)=O.CNc1ccc(C)c(OC)c1. The highest BCUT2D eigenvalue weighted by atomic mass is 16.6. The van der Waals surface area contributed by atoms with Crippen LogP contribution in [0, 0.1) is 31.6 Å². The first kappa shape index (κ1) is 38.6. The Hall–Kier alpha value is -3.55. The molecule has 0 unspecified atom stereocenters. The highest BCUT2D eigenvalue weighted by molar-refractivity contribution is 5.97. The summed E-state index contributed by atoms with van der Waals surface area (Å²) >= 11 is 0. The van der Waals surface area contributed by atoms with E-state index in [9.17, 15) is 14.4 Å². The molecule has 2 aromatic carbocycles. The molecular weight excluding hydrogens is 578 g/mol. The van der Waals surface area contributed by atoms with Crippen molar-refractivity contribution in [3.8, 4) is 5.75 Å². The molecule has 8 heteroatoms. The molecule has 2 aliphatic rings. The van der Waals surface area contributed by atoms with Crippen molar-refractivity contribution in [2.24, 2.45) is 17.8 Å². The van der Waals surface area contributed by atoms with E-state index in [-0.39, 0.29) is 11.9 Å². The molecule has 0 aromatic heterocycles. The molecule has 1 amide bonds. The van der Waals surface area contributed by atoms with Gasteiger partial charge in [-0.05, 0) is 114 Å². The second-order valence-electron chi connectivity index (χ2n) is 13.6. The number of aldehydes is 1. The number of Topliss-reactive ketones (excluding diaryl/α,β-unsaturated/α-hetero) is 1. The Bertz CT molecular complexity index is 1270. The monoisotopic (exact) mass is 637 g/mol. The van der Waals surface area contributed by atoms with Crippen molar-refractivity contribution in [2.45, 2.75) is 99.5 Å². The fraction of sp³-hybridized carbons (Fsp3) is 0.605. The number of hydrogen-bond donors (Lipinski definition) is 2. The van der Waals surface area contributed by atoms with E-state index in [1.807, 2.05) is 65.9 Å². The number of ketones is 1. The number of ether oxygens (including phenoxy) is 2. The molecule has 1 aliphatic heterocycles. The molecular formula is C38H59N3O5. The third kappa shape index (κ3) is 12.3. The van der Waals surface area contributed by atoms with Gasteiger partial charge in [0.2, 0.25) is 0 Å². The van der Waals surface area contributed by atoms with Crippen molar-refractivity contribution < 1.29 is 23.9 Å². The van der Waals surface area contributed by atoms with Crippen LogP contribution in [0.25, 0.3) is 0 Å². The normalized spacial score (nSPS) is 17.7. The number of nitrogens with zero attached hydrogens (tertiary/aromatic N) is 1. The average molecular weight is 638 g/mol. The first-order valence-electron chi connectivity index (χ1n) is 16.9. The van der Waals surface area contributed by atoms with Crippen LogP contribution in [-0.2, 0) is 16.0 Å². The van der Waals surface area contributed by atoms with Crippen molar-refractivity contribution >= 4 is 29.5 Å². The lowest BCUT2D eigenvalue weighted by Crippen LogP contribution is -2.53. The van der Waals surface area contributed by atoms with Crippen LogP contribution in [0.4, 0.5) is 16.2 Å². The molecule has 46 heavy (non-hydrogen) atoms. The average Bonchev–Trinajstić information content (AvgIpc) is 3.00. The predicted molar refractivity (Wildman–Crippen MR) is 189 cm³/mol. The lowest BCUT2D eigenvalue weighted by Gasteiger charge is -2.40. The van der Waals surface area contributed by atoms with Crippen molar-refractivity contribution in [1.82, 2.24) is 4.90 Å². The predicted octanol–water partition coefficient (Wildman–Crippen LogP) is 8.49. The van der Waals surface area contributed by atoms with Gasteiger partial charge in [0.1, 0.15) is 17.6 Å². The van der Waals surface area contributed by atoms with Gasteiger partial charge in [0.25, 0.3) is 0 Å². The number of hydrogen-bond acceptors (Lipinski definition) is 7. The zero-order valence-corrected chi connectivity index (χ0v) is 30.0.